The Bertz CT molecular complexity index is 1160. The summed E-state index contributed by atoms with van der Waals surface area (Å²) in [6, 6.07) is -4.09. The fourth-order valence-corrected chi connectivity index (χ4v) is 3.65. The van der Waals surface area contributed by atoms with Crippen LogP contribution in [0.4, 0.5) is 0 Å². The first-order valence-electron chi connectivity index (χ1n) is 14.2. The van der Waals surface area contributed by atoms with Gasteiger partial charge in [0.1, 0.15) is 24.7 Å². The number of hydrogen-bond donors (Lipinski definition) is 10. The number of amides is 8. The van der Waals surface area contributed by atoms with Gasteiger partial charge in [0.05, 0.1) is 19.4 Å². The maximum atomic E-state index is 13.0. The molecule has 0 aliphatic carbocycles. The van der Waals surface area contributed by atoms with Gasteiger partial charge in [0.2, 0.25) is 47.3 Å². The van der Waals surface area contributed by atoms with Gasteiger partial charge in [-0.1, -0.05) is 0 Å². The van der Waals surface area contributed by atoms with E-state index in [1.807, 2.05) is 0 Å². The van der Waals surface area contributed by atoms with E-state index in [1.165, 1.54) is 7.05 Å². The third kappa shape index (κ3) is 19.6. The standard InChI is InChI=1S/C26H42N8O13/c1-14(36)31-17(11-18(27)37)26(47)33-16(7-10-34(2)21(40)13-35)25(46)29-9-8-28-24(45)15(3-5-22(41)42)32-20(39)12-30-19(38)4-6-23(43)44/h15-17,35H,3-13H2,1-2H3,(H2,27,37)(H,28,45)(H,29,46)(H,30,38)(H,31,36)(H,32,39)(H,33,47)(H,41,42)(H,43,44)/t15-,16+,17+/m1/s1. The molecule has 0 aliphatic rings. The predicted molar refractivity (Wildman–Crippen MR) is 157 cm³/mol. The second-order valence-corrected chi connectivity index (χ2v) is 10.1. The maximum absolute atomic E-state index is 13.0. The van der Waals surface area contributed by atoms with Crippen molar-refractivity contribution >= 4 is 59.2 Å². The van der Waals surface area contributed by atoms with E-state index in [9.17, 15) is 47.9 Å². The van der Waals surface area contributed by atoms with Crippen molar-refractivity contribution < 1.29 is 63.3 Å². The van der Waals surface area contributed by atoms with Crippen molar-refractivity contribution in [3.63, 3.8) is 0 Å². The zero-order valence-electron chi connectivity index (χ0n) is 26.0. The maximum Gasteiger partial charge on any atom is 0.303 e. The Labute approximate surface area is 268 Å². The lowest BCUT2D eigenvalue weighted by atomic mass is 10.1. The number of likely N-dealkylation sites (N-methyl/N-ethyl adjacent to an activating group) is 1. The topological polar surface area (TPSA) is 333 Å². The van der Waals surface area contributed by atoms with Crippen LogP contribution in [0.3, 0.4) is 0 Å². The molecule has 0 spiro atoms. The van der Waals surface area contributed by atoms with E-state index in [0.717, 1.165) is 11.8 Å². The average Bonchev–Trinajstić information content (AvgIpc) is 2.99. The monoisotopic (exact) mass is 674 g/mol. The summed E-state index contributed by atoms with van der Waals surface area (Å²) in [4.78, 5) is 119. The number of aliphatic carboxylic acids is 2. The summed E-state index contributed by atoms with van der Waals surface area (Å²) >= 11 is 0. The molecule has 0 rings (SSSR count). The molecule has 0 heterocycles. The van der Waals surface area contributed by atoms with Gasteiger partial charge in [0, 0.05) is 46.4 Å². The van der Waals surface area contributed by atoms with Crippen molar-refractivity contribution in [1.29, 1.82) is 0 Å². The third-order valence-electron chi connectivity index (χ3n) is 6.08. The molecule has 0 aromatic carbocycles. The fourth-order valence-electron chi connectivity index (χ4n) is 3.65. The normalized spacial score (nSPS) is 12.2. The molecule has 0 aliphatic heterocycles. The Morgan fingerprint density at radius 3 is 1.72 bits per heavy atom. The Balaban J connectivity index is 5.33. The molecule has 21 nitrogen and oxygen atoms in total. The number of nitrogens with two attached hydrogens (primary N) is 1. The van der Waals surface area contributed by atoms with Crippen molar-refractivity contribution in [1.82, 2.24) is 36.8 Å². The molecule has 21 heteroatoms. The van der Waals surface area contributed by atoms with Gasteiger partial charge in [-0.25, -0.2) is 0 Å². The molecule has 0 saturated carbocycles. The minimum atomic E-state index is -1.41. The summed E-state index contributed by atoms with van der Waals surface area (Å²) in [5, 5.41) is 40.5. The van der Waals surface area contributed by atoms with Crippen LogP contribution in [0.1, 0.15) is 45.4 Å². The van der Waals surface area contributed by atoms with Gasteiger partial charge in [-0.15, -0.1) is 0 Å². The molecule has 3 atom stereocenters. The summed E-state index contributed by atoms with van der Waals surface area (Å²) in [6.07, 6.45) is -2.45. The van der Waals surface area contributed by atoms with Crippen LogP contribution in [0.2, 0.25) is 0 Å². The van der Waals surface area contributed by atoms with Crippen LogP contribution in [0.5, 0.6) is 0 Å². The first-order valence-corrected chi connectivity index (χ1v) is 14.2. The van der Waals surface area contributed by atoms with Gasteiger partial charge in [-0.2, -0.15) is 0 Å². The van der Waals surface area contributed by atoms with E-state index in [4.69, 9.17) is 21.1 Å². The number of nitrogens with one attached hydrogen (secondary N) is 6. The van der Waals surface area contributed by atoms with Crippen LogP contribution in [0.25, 0.3) is 0 Å². The van der Waals surface area contributed by atoms with Gasteiger partial charge >= 0.3 is 11.9 Å². The Morgan fingerprint density at radius 1 is 0.681 bits per heavy atom. The number of carboxylic acid groups (broad SMARTS) is 2. The lowest BCUT2D eigenvalue weighted by Gasteiger charge is -2.24. The second kappa shape index (κ2) is 22.2. The Hall–Kier alpha value is -5.34. The lowest BCUT2D eigenvalue weighted by molar-refractivity contribution is -0.139. The number of carboxylic acids is 2. The largest absolute Gasteiger partial charge is 0.481 e. The molecule has 0 unspecified atom stereocenters. The second-order valence-electron chi connectivity index (χ2n) is 10.1. The van der Waals surface area contributed by atoms with Crippen molar-refractivity contribution in [2.75, 3.05) is 39.8 Å². The van der Waals surface area contributed by atoms with Crippen molar-refractivity contribution in [3.05, 3.63) is 0 Å². The van der Waals surface area contributed by atoms with E-state index in [-0.39, 0.29) is 38.9 Å². The molecule has 0 saturated heterocycles. The highest BCUT2D eigenvalue weighted by molar-refractivity contribution is 5.94. The van der Waals surface area contributed by atoms with E-state index in [0.29, 0.717) is 0 Å². The Kier molecular flexibility index (Phi) is 19.7. The average molecular weight is 675 g/mol. The number of carbonyl (C=O) groups excluding carboxylic acids is 8. The smallest absolute Gasteiger partial charge is 0.303 e. The number of rotatable bonds is 23. The number of nitrogens with zero attached hydrogens (tertiary/aromatic N) is 1. The first-order chi connectivity index (χ1) is 22.0. The van der Waals surface area contributed by atoms with Crippen molar-refractivity contribution in [2.24, 2.45) is 5.73 Å². The minimum Gasteiger partial charge on any atom is -0.481 e. The van der Waals surface area contributed by atoms with E-state index in [2.05, 4.69) is 31.9 Å². The molecule has 8 amide bonds. The molecular formula is C26H42N8O13. The van der Waals surface area contributed by atoms with Gasteiger partial charge in [0.25, 0.3) is 0 Å². The number of hydrogen-bond acceptors (Lipinski definition) is 11. The molecule has 0 bridgehead atoms. The van der Waals surface area contributed by atoms with Gasteiger partial charge in [0.15, 0.2) is 0 Å². The zero-order valence-corrected chi connectivity index (χ0v) is 26.0. The molecule has 0 aromatic rings. The van der Waals surface area contributed by atoms with E-state index in [1.54, 1.807) is 0 Å². The highest BCUT2D eigenvalue weighted by Crippen LogP contribution is 2.01. The number of primary amides is 1. The molecular weight excluding hydrogens is 632 g/mol. The van der Waals surface area contributed by atoms with E-state index < -0.39 is 110 Å². The minimum absolute atomic E-state index is 0.111. The van der Waals surface area contributed by atoms with Crippen LogP contribution < -0.4 is 37.6 Å². The molecule has 0 fully saturated rings. The van der Waals surface area contributed by atoms with Gasteiger partial charge in [-0.05, 0) is 12.8 Å². The first kappa shape index (κ1) is 41.7. The van der Waals surface area contributed by atoms with Crippen LogP contribution in [-0.4, -0.2) is 137 Å². The number of aliphatic hydroxyl groups is 1. The predicted octanol–water partition coefficient (Wildman–Crippen LogP) is -5.74. The quantitative estimate of drug-likeness (QED) is 0.0452. The lowest BCUT2D eigenvalue weighted by Crippen LogP contribution is -2.55. The fraction of sp³-hybridized carbons (Fsp3) is 0.615. The van der Waals surface area contributed by atoms with Crippen LogP contribution in [0.15, 0.2) is 0 Å². The summed E-state index contributed by atoms with van der Waals surface area (Å²) in [5.41, 5.74) is 5.14. The number of aliphatic hydroxyl groups excluding tert-OH is 1. The summed E-state index contributed by atoms with van der Waals surface area (Å²) in [5.74, 6) is -8.87. The van der Waals surface area contributed by atoms with Gasteiger partial charge < -0.3 is 57.9 Å². The van der Waals surface area contributed by atoms with Crippen LogP contribution in [-0.2, 0) is 47.9 Å². The van der Waals surface area contributed by atoms with Crippen LogP contribution in [0, 0.1) is 0 Å². The molecule has 47 heavy (non-hydrogen) atoms. The molecule has 0 aromatic heterocycles. The molecule has 0 radical (unpaired) electrons. The summed E-state index contributed by atoms with van der Waals surface area (Å²) < 4.78 is 0. The highest BCUT2D eigenvalue weighted by atomic mass is 16.4. The SMILES string of the molecule is CC(=O)N[C@@H](CC(N)=O)C(=O)N[C@@H](CCN(C)C(=O)CO)C(=O)NCCNC(=O)[C@@H](CCC(=O)O)NC(=O)CNC(=O)CCC(=O)O. The third-order valence-corrected chi connectivity index (χ3v) is 6.08. The Morgan fingerprint density at radius 2 is 1.23 bits per heavy atom. The molecule has 11 N–H and O–H groups in total. The molecule has 264 valence electrons. The summed E-state index contributed by atoms with van der Waals surface area (Å²) in [7, 11) is 1.34. The van der Waals surface area contributed by atoms with Crippen molar-refractivity contribution in [2.45, 2.75) is 63.6 Å². The summed E-state index contributed by atoms with van der Waals surface area (Å²) in [6.45, 7) is -0.915. The number of carbonyl (C=O) groups is 10. The highest BCUT2D eigenvalue weighted by Gasteiger charge is 2.28. The van der Waals surface area contributed by atoms with Crippen molar-refractivity contribution in [3.8, 4) is 0 Å². The van der Waals surface area contributed by atoms with Crippen LogP contribution >= 0.6 is 0 Å². The van der Waals surface area contributed by atoms with E-state index >= 15 is 0 Å². The van der Waals surface area contributed by atoms with Gasteiger partial charge in [-0.3, -0.25) is 47.9 Å². The zero-order chi connectivity index (χ0) is 36.1.